The van der Waals surface area contributed by atoms with E-state index in [1.165, 1.54) is 0 Å². The number of hydrogen-bond donors (Lipinski definition) is 1. The highest BCUT2D eigenvalue weighted by molar-refractivity contribution is 5.78. The first kappa shape index (κ1) is 9.41. The number of benzene rings is 1. The van der Waals surface area contributed by atoms with Gasteiger partial charge in [0.2, 0.25) is 0 Å². The third kappa shape index (κ3) is 1.85. The summed E-state index contributed by atoms with van der Waals surface area (Å²) in [6.07, 6.45) is 2.15. The van der Waals surface area contributed by atoms with Crippen LogP contribution in [0.25, 0.3) is 0 Å². The van der Waals surface area contributed by atoms with Crippen LogP contribution in [0, 0.1) is 0 Å². The van der Waals surface area contributed by atoms with Crippen molar-refractivity contribution in [2.45, 2.75) is 31.8 Å². The number of rotatable bonds is 3. The molecule has 1 fully saturated rings. The molecule has 2 heteroatoms. The smallest absolute Gasteiger partial charge is 0.134 e. The van der Waals surface area contributed by atoms with Crippen molar-refractivity contribution in [1.82, 2.24) is 0 Å². The van der Waals surface area contributed by atoms with Gasteiger partial charge < -0.3 is 5.11 Å². The topological polar surface area (TPSA) is 37.3 Å². The Morgan fingerprint density at radius 2 is 2.21 bits per heavy atom. The van der Waals surface area contributed by atoms with Crippen molar-refractivity contribution < 1.29 is 9.90 Å². The number of ketones is 1. The molecule has 14 heavy (non-hydrogen) atoms. The van der Waals surface area contributed by atoms with Gasteiger partial charge in [0, 0.05) is 6.42 Å². The molecule has 74 valence electrons. The summed E-state index contributed by atoms with van der Waals surface area (Å²) in [4.78, 5) is 10.9. The second-order valence-corrected chi connectivity index (χ2v) is 4.11. The Kier molecular flexibility index (Phi) is 2.16. The van der Waals surface area contributed by atoms with E-state index >= 15 is 0 Å². The second-order valence-electron chi connectivity index (χ2n) is 4.11. The summed E-state index contributed by atoms with van der Waals surface area (Å²) >= 11 is 0. The molecular formula is C12H14O2. The highest BCUT2D eigenvalue weighted by Crippen LogP contribution is 2.45. The molecular weight excluding hydrogens is 176 g/mol. The van der Waals surface area contributed by atoms with E-state index < -0.39 is 5.60 Å². The quantitative estimate of drug-likeness (QED) is 0.789. The average molecular weight is 190 g/mol. The van der Waals surface area contributed by atoms with Gasteiger partial charge in [0.25, 0.3) is 0 Å². The van der Waals surface area contributed by atoms with Crippen molar-refractivity contribution in [2.24, 2.45) is 0 Å². The second kappa shape index (κ2) is 3.21. The van der Waals surface area contributed by atoms with Crippen molar-refractivity contribution in [2.75, 3.05) is 0 Å². The van der Waals surface area contributed by atoms with Gasteiger partial charge in [-0.2, -0.15) is 0 Å². The summed E-state index contributed by atoms with van der Waals surface area (Å²) in [5, 5.41) is 9.87. The van der Waals surface area contributed by atoms with Gasteiger partial charge in [-0.1, -0.05) is 24.3 Å². The lowest BCUT2D eigenvalue weighted by Crippen LogP contribution is -2.05. The Morgan fingerprint density at radius 1 is 1.50 bits per heavy atom. The molecule has 2 nitrogen and oxygen atoms in total. The molecule has 0 aromatic heterocycles. The van der Waals surface area contributed by atoms with E-state index in [-0.39, 0.29) is 5.78 Å². The Balaban J connectivity index is 2.23. The summed E-state index contributed by atoms with van der Waals surface area (Å²) in [6.45, 7) is 1.58. The van der Waals surface area contributed by atoms with E-state index in [1.54, 1.807) is 6.92 Å². The molecule has 2 rings (SSSR count). The van der Waals surface area contributed by atoms with E-state index in [1.807, 2.05) is 24.3 Å². The van der Waals surface area contributed by atoms with Crippen molar-refractivity contribution in [3.63, 3.8) is 0 Å². The summed E-state index contributed by atoms with van der Waals surface area (Å²) in [5.41, 5.74) is 1.36. The Bertz CT molecular complexity index is 364. The fourth-order valence-electron chi connectivity index (χ4n) is 1.67. The summed E-state index contributed by atoms with van der Waals surface area (Å²) in [5.74, 6) is 0.157. The zero-order valence-electron chi connectivity index (χ0n) is 8.29. The highest BCUT2D eigenvalue weighted by atomic mass is 16.3. The Morgan fingerprint density at radius 3 is 2.79 bits per heavy atom. The molecule has 1 aliphatic carbocycles. The molecule has 0 bridgehead atoms. The van der Waals surface area contributed by atoms with Crippen LogP contribution in [0.5, 0.6) is 0 Å². The van der Waals surface area contributed by atoms with Gasteiger partial charge in [0.05, 0.1) is 5.60 Å². The van der Waals surface area contributed by atoms with Crippen LogP contribution in [0.2, 0.25) is 0 Å². The van der Waals surface area contributed by atoms with Crippen molar-refractivity contribution in [1.29, 1.82) is 0 Å². The van der Waals surface area contributed by atoms with Crippen LogP contribution in [0.3, 0.4) is 0 Å². The lowest BCUT2D eigenvalue weighted by molar-refractivity contribution is -0.116. The monoisotopic (exact) mass is 190 g/mol. The van der Waals surface area contributed by atoms with E-state index in [2.05, 4.69) is 0 Å². The van der Waals surface area contributed by atoms with Crippen LogP contribution >= 0.6 is 0 Å². The van der Waals surface area contributed by atoms with E-state index in [0.717, 1.165) is 24.0 Å². The third-order valence-corrected chi connectivity index (χ3v) is 2.64. The van der Waals surface area contributed by atoms with E-state index in [4.69, 9.17) is 0 Å². The van der Waals surface area contributed by atoms with Crippen LogP contribution in [0.15, 0.2) is 24.3 Å². The molecule has 0 aliphatic heterocycles. The third-order valence-electron chi connectivity index (χ3n) is 2.64. The maximum absolute atomic E-state index is 10.9. The minimum absolute atomic E-state index is 0.157. The Hall–Kier alpha value is -1.15. The SMILES string of the molecule is CC(=O)Cc1cccc(C2(O)CC2)c1. The molecule has 0 atom stereocenters. The van der Waals surface area contributed by atoms with Crippen LogP contribution in [-0.4, -0.2) is 10.9 Å². The predicted molar refractivity (Wildman–Crippen MR) is 54.0 cm³/mol. The molecule has 0 saturated heterocycles. The van der Waals surface area contributed by atoms with Crippen molar-refractivity contribution in [3.05, 3.63) is 35.4 Å². The van der Waals surface area contributed by atoms with Crippen LogP contribution in [0.4, 0.5) is 0 Å². The Labute approximate surface area is 83.6 Å². The van der Waals surface area contributed by atoms with Crippen LogP contribution in [-0.2, 0) is 16.8 Å². The minimum Gasteiger partial charge on any atom is -0.385 e. The van der Waals surface area contributed by atoms with Crippen molar-refractivity contribution in [3.8, 4) is 0 Å². The maximum Gasteiger partial charge on any atom is 0.134 e. The predicted octanol–water partition coefficient (Wildman–Crippen LogP) is 1.80. The number of aliphatic hydroxyl groups is 1. The largest absolute Gasteiger partial charge is 0.385 e. The van der Waals surface area contributed by atoms with Crippen molar-refractivity contribution >= 4 is 5.78 Å². The zero-order valence-corrected chi connectivity index (χ0v) is 8.29. The van der Waals surface area contributed by atoms with Crippen LogP contribution in [0.1, 0.15) is 30.9 Å². The fraction of sp³-hybridized carbons (Fsp3) is 0.417. The number of hydrogen-bond acceptors (Lipinski definition) is 2. The summed E-state index contributed by atoms with van der Waals surface area (Å²) in [7, 11) is 0. The number of carbonyl (C=O) groups excluding carboxylic acids is 1. The summed E-state index contributed by atoms with van der Waals surface area (Å²) < 4.78 is 0. The van der Waals surface area contributed by atoms with E-state index in [9.17, 15) is 9.90 Å². The normalized spacial score (nSPS) is 17.9. The highest BCUT2D eigenvalue weighted by Gasteiger charge is 2.41. The number of Topliss-reactive ketones (excluding diaryl/α,β-unsaturated/α-hetero) is 1. The minimum atomic E-state index is -0.590. The number of carbonyl (C=O) groups is 1. The summed E-state index contributed by atoms with van der Waals surface area (Å²) in [6, 6.07) is 7.70. The van der Waals surface area contributed by atoms with Gasteiger partial charge >= 0.3 is 0 Å². The molecule has 1 N–H and O–H groups in total. The van der Waals surface area contributed by atoms with Gasteiger partial charge in [-0.25, -0.2) is 0 Å². The molecule has 0 unspecified atom stereocenters. The molecule has 1 aliphatic rings. The molecule has 0 radical (unpaired) electrons. The molecule has 1 aromatic carbocycles. The van der Waals surface area contributed by atoms with Gasteiger partial charge in [-0.3, -0.25) is 4.79 Å². The van der Waals surface area contributed by atoms with Crippen LogP contribution < -0.4 is 0 Å². The first-order valence-corrected chi connectivity index (χ1v) is 4.91. The van der Waals surface area contributed by atoms with Gasteiger partial charge in [0.1, 0.15) is 5.78 Å². The fourth-order valence-corrected chi connectivity index (χ4v) is 1.67. The molecule has 0 heterocycles. The average Bonchev–Trinajstić information content (AvgIpc) is 2.84. The lowest BCUT2D eigenvalue weighted by atomic mass is 10.0. The molecule has 0 spiro atoms. The first-order valence-electron chi connectivity index (χ1n) is 4.91. The lowest BCUT2D eigenvalue weighted by Gasteiger charge is -2.09. The molecule has 0 amide bonds. The van der Waals surface area contributed by atoms with Gasteiger partial charge in [-0.05, 0) is 30.9 Å². The molecule has 1 aromatic rings. The van der Waals surface area contributed by atoms with Gasteiger partial charge in [-0.15, -0.1) is 0 Å². The zero-order chi connectivity index (χ0) is 10.2. The molecule has 1 saturated carbocycles. The van der Waals surface area contributed by atoms with E-state index in [0.29, 0.717) is 6.42 Å². The maximum atomic E-state index is 10.9. The first-order chi connectivity index (χ1) is 6.60. The standard InChI is InChI=1S/C12H14O2/c1-9(13)7-10-3-2-4-11(8-10)12(14)5-6-12/h2-4,8,14H,5-7H2,1H3. The van der Waals surface area contributed by atoms with Gasteiger partial charge in [0.15, 0.2) is 0 Å².